The van der Waals surface area contributed by atoms with Crippen LogP contribution < -0.4 is 9.47 Å². The highest BCUT2D eigenvalue weighted by Gasteiger charge is 2.09. The Hall–Kier alpha value is -2.12. The molecule has 4 nitrogen and oxygen atoms in total. The summed E-state index contributed by atoms with van der Waals surface area (Å²) in [7, 11) is 3.00. The fraction of sp³-hybridized carbons (Fsp3) is 0.474. The van der Waals surface area contributed by atoms with Gasteiger partial charge in [0.1, 0.15) is 0 Å². The summed E-state index contributed by atoms with van der Waals surface area (Å²) in [4.78, 5) is 0. The largest absolute Gasteiger partial charge is 0.502 e. The first-order chi connectivity index (χ1) is 11.2. The maximum atomic E-state index is 9.84. The van der Waals surface area contributed by atoms with Gasteiger partial charge >= 0.3 is 0 Å². The highest BCUT2D eigenvalue weighted by atomic mass is 16.5. The van der Waals surface area contributed by atoms with Crippen molar-refractivity contribution in [2.24, 2.45) is 0 Å². The minimum atomic E-state index is -0.00389. The van der Waals surface area contributed by atoms with Crippen LogP contribution in [0.25, 0.3) is 0 Å². The number of allylic oxidation sites excluding steroid dienone is 1. The van der Waals surface area contributed by atoms with E-state index in [-0.39, 0.29) is 12.4 Å². The number of ether oxygens (including phenoxy) is 2. The van der Waals surface area contributed by atoms with Gasteiger partial charge in [0, 0.05) is 12.0 Å². The number of benzene rings is 1. The van der Waals surface area contributed by atoms with E-state index in [0.717, 1.165) is 37.7 Å². The number of hydrogen-bond donors (Lipinski definition) is 2. The van der Waals surface area contributed by atoms with E-state index in [4.69, 9.17) is 14.6 Å². The third-order valence-corrected chi connectivity index (χ3v) is 3.41. The molecule has 0 spiro atoms. The Morgan fingerprint density at radius 1 is 1.00 bits per heavy atom. The molecule has 0 aliphatic carbocycles. The lowest BCUT2D eigenvalue weighted by molar-refractivity contribution is 0.339. The Balaban J connectivity index is 2.38. The standard InChI is InChI=1S/C19H26O4/c1-22-17-14-16(15-18(23-2)19(17)21)12-10-8-6-4-3-5-7-9-11-13-20/h9,11,14-15,20-21H,3-8,13H2,1-2H3/b11-9-. The molecule has 0 aliphatic rings. The number of hydrogen-bond acceptors (Lipinski definition) is 4. The Morgan fingerprint density at radius 2 is 1.65 bits per heavy atom. The number of aliphatic hydroxyl groups is 1. The van der Waals surface area contributed by atoms with Crippen molar-refractivity contribution in [3.63, 3.8) is 0 Å². The van der Waals surface area contributed by atoms with Crippen molar-refractivity contribution in [1.82, 2.24) is 0 Å². The van der Waals surface area contributed by atoms with Gasteiger partial charge in [-0.05, 0) is 31.4 Å². The van der Waals surface area contributed by atoms with Crippen LogP contribution in [-0.2, 0) is 0 Å². The summed E-state index contributed by atoms with van der Waals surface area (Å²) in [6.45, 7) is 0.127. The first-order valence-electron chi connectivity index (χ1n) is 7.92. The molecule has 0 unspecified atom stereocenters. The molecule has 0 fully saturated rings. The van der Waals surface area contributed by atoms with Gasteiger partial charge in [0.2, 0.25) is 5.75 Å². The minimum absolute atomic E-state index is 0.00389. The van der Waals surface area contributed by atoms with Crippen molar-refractivity contribution in [3.8, 4) is 29.1 Å². The first kappa shape index (κ1) is 18.9. The van der Waals surface area contributed by atoms with Crippen molar-refractivity contribution in [2.75, 3.05) is 20.8 Å². The molecule has 0 radical (unpaired) electrons. The molecular formula is C19H26O4. The van der Waals surface area contributed by atoms with Crippen LogP contribution in [0.3, 0.4) is 0 Å². The maximum absolute atomic E-state index is 9.84. The second-order valence-corrected chi connectivity index (χ2v) is 5.14. The van der Waals surface area contributed by atoms with E-state index in [9.17, 15) is 5.11 Å². The number of methoxy groups -OCH3 is 2. The molecule has 1 aromatic carbocycles. The van der Waals surface area contributed by atoms with Crippen LogP contribution in [0.4, 0.5) is 0 Å². The second-order valence-electron chi connectivity index (χ2n) is 5.14. The fourth-order valence-electron chi connectivity index (χ4n) is 2.15. The number of rotatable bonds is 9. The SMILES string of the molecule is COc1cc(C#CCCCCCC/C=C\CO)cc(OC)c1O. The topological polar surface area (TPSA) is 58.9 Å². The Morgan fingerprint density at radius 3 is 2.26 bits per heavy atom. The first-order valence-corrected chi connectivity index (χ1v) is 7.92. The molecule has 1 rings (SSSR count). The van der Waals surface area contributed by atoms with E-state index in [1.54, 1.807) is 18.2 Å². The van der Waals surface area contributed by atoms with Crippen LogP contribution in [0.15, 0.2) is 24.3 Å². The molecule has 0 saturated carbocycles. The summed E-state index contributed by atoms with van der Waals surface area (Å²) < 4.78 is 10.2. The lowest BCUT2D eigenvalue weighted by Crippen LogP contribution is -1.90. The van der Waals surface area contributed by atoms with Crippen molar-refractivity contribution in [1.29, 1.82) is 0 Å². The predicted octanol–water partition coefficient (Wildman–Crippen LogP) is 3.65. The van der Waals surface area contributed by atoms with E-state index in [1.165, 1.54) is 20.6 Å². The van der Waals surface area contributed by atoms with Crippen LogP contribution >= 0.6 is 0 Å². The molecule has 0 saturated heterocycles. The molecule has 2 N–H and O–H groups in total. The fourth-order valence-corrected chi connectivity index (χ4v) is 2.15. The Labute approximate surface area is 138 Å². The van der Waals surface area contributed by atoms with Crippen molar-refractivity contribution in [2.45, 2.75) is 38.5 Å². The smallest absolute Gasteiger partial charge is 0.200 e. The maximum Gasteiger partial charge on any atom is 0.200 e. The average Bonchev–Trinajstić information content (AvgIpc) is 2.57. The van der Waals surface area contributed by atoms with Gasteiger partial charge in [0.05, 0.1) is 20.8 Å². The van der Waals surface area contributed by atoms with Gasteiger partial charge in [-0.3, -0.25) is 0 Å². The lowest BCUT2D eigenvalue weighted by Gasteiger charge is -2.08. The van der Waals surface area contributed by atoms with E-state index >= 15 is 0 Å². The van der Waals surface area contributed by atoms with Gasteiger partial charge in [-0.25, -0.2) is 0 Å². The zero-order valence-electron chi connectivity index (χ0n) is 14.0. The van der Waals surface area contributed by atoms with Gasteiger partial charge < -0.3 is 19.7 Å². The molecule has 126 valence electrons. The summed E-state index contributed by atoms with van der Waals surface area (Å²) in [5.41, 5.74) is 0.769. The monoisotopic (exact) mass is 318 g/mol. The third-order valence-electron chi connectivity index (χ3n) is 3.41. The number of aromatic hydroxyl groups is 1. The quantitative estimate of drug-likeness (QED) is 0.414. The van der Waals surface area contributed by atoms with Crippen molar-refractivity contribution < 1.29 is 19.7 Å². The van der Waals surface area contributed by atoms with E-state index < -0.39 is 0 Å². The molecule has 23 heavy (non-hydrogen) atoms. The summed E-state index contributed by atoms with van der Waals surface area (Å²) in [5.74, 6) is 6.95. The highest BCUT2D eigenvalue weighted by molar-refractivity contribution is 5.56. The third kappa shape index (κ3) is 7.12. The van der Waals surface area contributed by atoms with Crippen LogP contribution in [0.2, 0.25) is 0 Å². The molecule has 0 amide bonds. The highest BCUT2D eigenvalue weighted by Crippen LogP contribution is 2.36. The zero-order chi connectivity index (χ0) is 16.9. The molecule has 0 heterocycles. The molecule has 0 aliphatic heterocycles. The number of aliphatic hydroxyl groups excluding tert-OH is 1. The molecule has 0 bridgehead atoms. The Kier molecular flexibility index (Phi) is 9.42. The zero-order valence-corrected chi connectivity index (χ0v) is 14.0. The Bertz CT molecular complexity index is 527. The van der Waals surface area contributed by atoms with Crippen LogP contribution in [0.5, 0.6) is 17.2 Å². The lowest BCUT2D eigenvalue weighted by atomic mass is 10.1. The van der Waals surface area contributed by atoms with Crippen LogP contribution in [0.1, 0.15) is 44.1 Å². The molecular weight excluding hydrogens is 292 g/mol. The molecule has 1 aromatic rings. The summed E-state index contributed by atoms with van der Waals surface area (Å²) >= 11 is 0. The van der Waals surface area contributed by atoms with Gasteiger partial charge in [-0.2, -0.15) is 0 Å². The molecule has 0 atom stereocenters. The number of unbranched alkanes of at least 4 members (excludes halogenated alkanes) is 5. The van der Waals surface area contributed by atoms with Crippen LogP contribution in [0, 0.1) is 11.8 Å². The average molecular weight is 318 g/mol. The van der Waals surface area contributed by atoms with Gasteiger partial charge in [0.15, 0.2) is 11.5 Å². The summed E-state index contributed by atoms with van der Waals surface area (Å²) in [6, 6.07) is 3.41. The summed E-state index contributed by atoms with van der Waals surface area (Å²) in [5, 5.41) is 18.5. The van der Waals surface area contributed by atoms with E-state index in [0.29, 0.717) is 11.5 Å². The van der Waals surface area contributed by atoms with Crippen LogP contribution in [-0.4, -0.2) is 31.0 Å². The minimum Gasteiger partial charge on any atom is -0.502 e. The van der Waals surface area contributed by atoms with Crippen molar-refractivity contribution in [3.05, 3.63) is 29.8 Å². The van der Waals surface area contributed by atoms with E-state index in [1.807, 2.05) is 6.08 Å². The number of phenolic OH excluding ortho intramolecular Hbond substituents is 1. The van der Waals surface area contributed by atoms with E-state index in [2.05, 4.69) is 11.8 Å². The van der Waals surface area contributed by atoms with Gasteiger partial charge in [-0.1, -0.05) is 36.8 Å². The number of phenols is 1. The van der Waals surface area contributed by atoms with Gasteiger partial charge in [-0.15, -0.1) is 0 Å². The molecule has 0 aromatic heterocycles. The van der Waals surface area contributed by atoms with Crippen molar-refractivity contribution >= 4 is 0 Å². The summed E-state index contributed by atoms with van der Waals surface area (Å²) in [6.07, 6.45) is 10.2. The second kappa shape index (κ2) is 11.4. The normalized spacial score (nSPS) is 10.4. The predicted molar refractivity (Wildman–Crippen MR) is 92.0 cm³/mol. The molecule has 4 heteroatoms. The van der Waals surface area contributed by atoms with Gasteiger partial charge in [0.25, 0.3) is 0 Å².